The Labute approximate surface area is 110 Å². The number of hydrogen-bond donors (Lipinski definition) is 3. The van der Waals surface area contributed by atoms with Crippen LogP contribution in [0.15, 0.2) is 18.2 Å². The quantitative estimate of drug-likeness (QED) is 0.514. The molecule has 1 atom stereocenters. The third-order valence-electron chi connectivity index (χ3n) is 2.65. The second-order valence-electron chi connectivity index (χ2n) is 4.18. The largest absolute Gasteiger partial charge is 0.477 e. The summed E-state index contributed by atoms with van der Waals surface area (Å²) in [5.74, 6) is -1.33. The summed E-state index contributed by atoms with van der Waals surface area (Å²) in [5.41, 5.74) is -0.606. The average Bonchev–Trinajstić information content (AvgIpc) is 2.35. The van der Waals surface area contributed by atoms with Gasteiger partial charge in [-0.2, -0.15) is 0 Å². The van der Waals surface area contributed by atoms with Crippen LogP contribution in [0.1, 0.15) is 30.1 Å². The minimum atomic E-state index is -1.33. The zero-order valence-electron chi connectivity index (χ0n) is 10.5. The number of rotatable bonds is 7. The van der Waals surface area contributed by atoms with E-state index in [1.807, 2.05) is 6.92 Å². The van der Waals surface area contributed by atoms with Crippen LogP contribution in [0.4, 0.5) is 11.4 Å². The van der Waals surface area contributed by atoms with E-state index in [2.05, 4.69) is 5.32 Å². The van der Waals surface area contributed by atoms with E-state index in [0.717, 1.165) is 0 Å². The van der Waals surface area contributed by atoms with Crippen molar-refractivity contribution in [3.63, 3.8) is 0 Å². The number of carbonyl (C=O) groups is 1. The first kappa shape index (κ1) is 14.9. The van der Waals surface area contributed by atoms with Crippen molar-refractivity contribution in [2.75, 3.05) is 11.9 Å². The van der Waals surface area contributed by atoms with Gasteiger partial charge < -0.3 is 15.5 Å². The van der Waals surface area contributed by atoms with Gasteiger partial charge in [-0.3, -0.25) is 10.1 Å². The number of anilines is 1. The smallest absolute Gasteiger partial charge is 0.342 e. The Kier molecular flexibility index (Phi) is 5.25. The highest BCUT2D eigenvalue weighted by Gasteiger charge is 2.24. The van der Waals surface area contributed by atoms with Crippen molar-refractivity contribution in [2.24, 2.45) is 0 Å². The van der Waals surface area contributed by atoms with Crippen LogP contribution in [0.3, 0.4) is 0 Å². The van der Waals surface area contributed by atoms with Crippen molar-refractivity contribution in [1.82, 2.24) is 0 Å². The fraction of sp³-hybridized carbons (Fsp3) is 0.417. The van der Waals surface area contributed by atoms with Crippen LogP contribution in [0.5, 0.6) is 0 Å². The Balaban J connectivity index is 3.03. The molecule has 0 aliphatic carbocycles. The van der Waals surface area contributed by atoms with Crippen molar-refractivity contribution in [3.8, 4) is 0 Å². The molecule has 0 fully saturated rings. The number of aromatic carboxylic acids is 1. The summed E-state index contributed by atoms with van der Waals surface area (Å²) >= 11 is 0. The average molecular weight is 268 g/mol. The molecule has 0 amide bonds. The van der Waals surface area contributed by atoms with E-state index >= 15 is 0 Å². The van der Waals surface area contributed by atoms with Crippen LogP contribution in [0, 0.1) is 10.1 Å². The fourth-order valence-electron chi connectivity index (χ4n) is 1.76. The highest BCUT2D eigenvalue weighted by atomic mass is 16.6. The number of nitrogens with one attached hydrogen (secondary N) is 1. The number of benzene rings is 1. The van der Waals surface area contributed by atoms with Gasteiger partial charge in [0.2, 0.25) is 0 Å². The second-order valence-corrected chi connectivity index (χ2v) is 4.18. The molecule has 1 rings (SSSR count). The summed E-state index contributed by atoms with van der Waals surface area (Å²) in [6.45, 7) is 1.86. The molecule has 1 unspecified atom stereocenters. The van der Waals surface area contributed by atoms with Crippen molar-refractivity contribution < 1.29 is 19.9 Å². The summed E-state index contributed by atoms with van der Waals surface area (Å²) in [4.78, 5) is 21.3. The van der Waals surface area contributed by atoms with E-state index in [1.54, 1.807) is 0 Å². The van der Waals surface area contributed by atoms with Gasteiger partial charge in [0.15, 0.2) is 0 Å². The zero-order valence-corrected chi connectivity index (χ0v) is 10.5. The Bertz CT molecular complexity index is 475. The monoisotopic (exact) mass is 268 g/mol. The molecule has 0 spiro atoms. The van der Waals surface area contributed by atoms with Gasteiger partial charge in [0.05, 0.1) is 4.92 Å². The van der Waals surface area contributed by atoms with E-state index in [9.17, 15) is 14.9 Å². The van der Waals surface area contributed by atoms with Crippen LogP contribution < -0.4 is 5.32 Å². The lowest BCUT2D eigenvalue weighted by atomic mass is 10.1. The van der Waals surface area contributed by atoms with Crippen LogP contribution in [0.25, 0.3) is 0 Å². The molecule has 1 aromatic rings. The van der Waals surface area contributed by atoms with E-state index in [1.165, 1.54) is 18.2 Å². The lowest BCUT2D eigenvalue weighted by molar-refractivity contribution is -0.384. The molecule has 1 aromatic carbocycles. The molecule has 0 aromatic heterocycles. The molecular formula is C12H16N2O5. The predicted molar refractivity (Wildman–Crippen MR) is 69.5 cm³/mol. The van der Waals surface area contributed by atoms with E-state index in [4.69, 9.17) is 10.2 Å². The van der Waals surface area contributed by atoms with Crippen molar-refractivity contribution >= 4 is 17.3 Å². The first-order valence-corrected chi connectivity index (χ1v) is 5.85. The standard InChI is InChI=1S/C12H16N2O5/c1-8(4-3-7-15)13-10-6-2-5-9(12(16)17)11(10)14(18)19/h2,5-6,8,13,15H,3-4,7H2,1H3,(H,16,17). The summed E-state index contributed by atoms with van der Waals surface area (Å²) in [5, 5.41) is 31.6. The lowest BCUT2D eigenvalue weighted by Crippen LogP contribution is -2.17. The number of nitro benzene ring substituents is 1. The number of para-hydroxylation sites is 1. The molecule has 0 aliphatic rings. The van der Waals surface area contributed by atoms with Gasteiger partial charge in [-0.1, -0.05) is 6.07 Å². The number of aliphatic hydroxyl groups is 1. The van der Waals surface area contributed by atoms with Gasteiger partial charge in [0.25, 0.3) is 0 Å². The minimum absolute atomic E-state index is 0.0449. The third kappa shape index (κ3) is 3.92. The van der Waals surface area contributed by atoms with Gasteiger partial charge in [-0.05, 0) is 31.9 Å². The molecule has 7 nitrogen and oxygen atoms in total. The number of nitro groups is 1. The molecule has 0 heterocycles. The SMILES string of the molecule is CC(CCCO)Nc1cccc(C(=O)O)c1[N+](=O)[O-]. The summed E-state index contributed by atoms with van der Waals surface area (Å²) in [6.07, 6.45) is 1.20. The fourth-order valence-corrected chi connectivity index (χ4v) is 1.76. The predicted octanol–water partition coefficient (Wildman–Crippen LogP) is 1.87. The van der Waals surface area contributed by atoms with Crippen LogP contribution in [-0.4, -0.2) is 33.8 Å². The molecule has 104 valence electrons. The van der Waals surface area contributed by atoms with Crippen molar-refractivity contribution in [1.29, 1.82) is 0 Å². The maximum atomic E-state index is 11.0. The Hall–Kier alpha value is -2.15. The Morgan fingerprint density at radius 2 is 2.21 bits per heavy atom. The second kappa shape index (κ2) is 6.69. The molecule has 0 radical (unpaired) electrons. The summed E-state index contributed by atoms with van der Waals surface area (Å²) < 4.78 is 0. The number of aliphatic hydroxyl groups excluding tert-OH is 1. The van der Waals surface area contributed by atoms with E-state index < -0.39 is 16.6 Å². The molecule has 0 bridgehead atoms. The maximum Gasteiger partial charge on any atom is 0.342 e. The van der Waals surface area contributed by atoms with Crippen molar-refractivity contribution in [3.05, 3.63) is 33.9 Å². The third-order valence-corrected chi connectivity index (χ3v) is 2.65. The first-order valence-electron chi connectivity index (χ1n) is 5.85. The molecular weight excluding hydrogens is 252 g/mol. The highest BCUT2D eigenvalue weighted by molar-refractivity contribution is 5.95. The van der Waals surface area contributed by atoms with Gasteiger partial charge in [0, 0.05) is 12.6 Å². The highest BCUT2D eigenvalue weighted by Crippen LogP contribution is 2.29. The Morgan fingerprint density at radius 1 is 1.53 bits per heavy atom. The molecule has 3 N–H and O–H groups in total. The molecule has 0 aliphatic heterocycles. The molecule has 7 heteroatoms. The number of nitrogens with zero attached hydrogens (tertiary/aromatic N) is 1. The van der Waals surface area contributed by atoms with Crippen LogP contribution in [-0.2, 0) is 0 Å². The number of hydrogen-bond acceptors (Lipinski definition) is 5. The van der Waals surface area contributed by atoms with Gasteiger partial charge in [-0.15, -0.1) is 0 Å². The lowest BCUT2D eigenvalue weighted by Gasteiger charge is -2.15. The van der Waals surface area contributed by atoms with Gasteiger partial charge in [0.1, 0.15) is 11.3 Å². The zero-order chi connectivity index (χ0) is 14.4. The first-order chi connectivity index (χ1) is 8.97. The topological polar surface area (TPSA) is 113 Å². The maximum absolute atomic E-state index is 11.0. The van der Waals surface area contributed by atoms with Gasteiger partial charge in [-0.25, -0.2) is 4.79 Å². The normalized spacial score (nSPS) is 11.9. The molecule has 0 saturated carbocycles. The number of carboxylic acids is 1. The molecule has 0 saturated heterocycles. The summed E-state index contributed by atoms with van der Waals surface area (Å²) in [6, 6.07) is 4.02. The van der Waals surface area contributed by atoms with E-state index in [0.29, 0.717) is 12.8 Å². The van der Waals surface area contributed by atoms with Crippen LogP contribution >= 0.6 is 0 Å². The number of carboxylic acid groups (broad SMARTS) is 1. The van der Waals surface area contributed by atoms with Crippen molar-refractivity contribution in [2.45, 2.75) is 25.8 Å². The summed E-state index contributed by atoms with van der Waals surface area (Å²) in [7, 11) is 0. The van der Waals surface area contributed by atoms with Gasteiger partial charge >= 0.3 is 11.7 Å². The van der Waals surface area contributed by atoms with Crippen LogP contribution in [0.2, 0.25) is 0 Å². The molecule has 19 heavy (non-hydrogen) atoms. The Morgan fingerprint density at radius 3 is 2.74 bits per heavy atom. The van der Waals surface area contributed by atoms with E-state index in [-0.39, 0.29) is 23.9 Å². The minimum Gasteiger partial charge on any atom is -0.477 e.